The van der Waals surface area contributed by atoms with Crippen molar-refractivity contribution in [1.82, 2.24) is 29.6 Å². The second-order valence-electron chi connectivity index (χ2n) is 9.30. The van der Waals surface area contributed by atoms with Crippen LogP contribution >= 0.6 is 0 Å². The molecule has 4 aromatic heterocycles. The predicted molar refractivity (Wildman–Crippen MR) is 139 cm³/mol. The van der Waals surface area contributed by atoms with Crippen molar-refractivity contribution < 1.29 is 9.53 Å². The monoisotopic (exact) mass is 481 g/mol. The third-order valence-corrected chi connectivity index (χ3v) is 6.86. The fraction of sp³-hybridized carbons (Fsp3) is 0.259. The average molecular weight is 482 g/mol. The van der Waals surface area contributed by atoms with E-state index in [0.29, 0.717) is 17.9 Å². The van der Waals surface area contributed by atoms with E-state index >= 15 is 0 Å². The highest BCUT2D eigenvalue weighted by atomic mass is 16.5. The second kappa shape index (κ2) is 8.76. The Bertz CT molecular complexity index is 1590. The van der Waals surface area contributed by atoms with Gasteiger partial charge in [-0.1, -0.05) is 12.1 Å². The van der Waals surface area contributed by atoms with Crippen LogP contribution in [0.5, 0.6) is 5.75 Å². The van der Waals surface area contributed by atoms with E-state index in [1.54, 1.807) is 24.2 Å². The van der Waals surface area contributed by atoms with Crippen molar-refractivity contribution >= 4 is 27.8 Å². The lowest BCUT2D eigenvalue weighted by molar-refractivity contribution is 0.0709. The normalized spacial score (nSPS) is 16.1. The summed E-state index contributed by atoms with van der Waals surface area (Å²) in [6.45, 7) is 1.34. The molecule has 1 amide bonds. The third kappa shape index (κ3) is 3.77. The van der Waals surface area contributed by atoms with Crippen LogP contribution in [-0.2, 0) is 7.05 Å². The number of nitrogens with two attached hydrogens (primary N) is 1. The van der Waals surface area contributed by atoms with Gasteiger partial charge < -0.3 is 20.4 Å². The van der Waals surface area contributed by atoms with Gasteiger partial charge in [-0.15, -0.1) is 0 Å². The largest absolute Gasteiger partial charge is 0.494 e. The van der Waals surface area contributed by atoms with E-state index in [0.717, 1.165) is 63.7 Å². The van der Waals surface area contributed by atoms with Crippen molar-refractivity contribution in [2.75, 3.05) is 20.2 Å². The topological polar surface area (TPSA) is 115 Å². The summed E-state index contributed by atoms with van der Waals surface area (Å²) in [6.07, 6.45) is 9.18. The minimum Gasteiger partial charge on any atom is -0.494 e. The minimum atomic E-state index is 0.0165. The fourth-order valence-electron chi connectivity index (χ4n) is 5.05. The SMILES string of the molecule is COc1cnc2[nH]c3cnc(-c4cnn(C)c4)cc3c2c1-c1ccc(C(=O)N2CCC[C@H](N)C2)cc1. The molecule has 0 spiro atoms. The van der Waals surface area contributed by atoms with E-state index in [2.05, 4.69) is 20.1 Å². The van der Waals surface area contributed by atoms with Crippen LogP contribution in [0.4, 0.5) is 0 Å². The molecule has 1 atom stereocenters. The number of piperidine rings is 1. The number of benzene rings is 1. The molecule has 1 saturated heterocycles. The number of hydrogen-bond acceptors (Lipinski definition) is 6. The Labute approximate surface area is 207 Å². The molecule has 0 radical (unpaired) electrons. The van der Waals surface area contributed by atoms with Crippen LogP contribution in [0.15, 0.2) is 55.1 Å². The number of H-pyrrole nitrogens is 1. The number of likely N-dealkylation sites (tertiary alicyclic amines) is 1. The highest BCUT2D eigenvalue weighted by Crippen LogP contribution is 2.40. The van der Waals surface area contributed by atoms with E-state index in [4.69, 9.17) is 10.5 Å². The van der Waals surface area contributed by atoms with Crippen LogP contribution in [-0.4, -0.2) is 61.8 Å². The van der Waals surface area contributed by atoms with Gasteiger partial charge in [0.1, 0.15) is 11.4 Å². The van der Waals surface area contributed by atoms with Crippen molar-refractivity contribution in [3.8, 4) is 28.1 Å². The lowest BCUT2D eigenvalue weighted by atomic mass is 9.98. The number of methoxy groups -OCH3 is 1. The summed E-state index contributed by atoms with van der Waals surface area (Å²) in [5, 5.41) is 6.21. The standard InChI is InChI=1S/C27H27N7O2/c1-33-14-18(11-31-33)21-10-20-22(12-29-21)32-26-25(20)24(23(36-2)13-30-26)16-5-7-17(8-6-16)27(35)34-9-3-4-19(28)15-34/h5-8,10-14,19H,3-4,9,15,28H2,1-2H3,(H,30,32)/t19-/m0/s1. The number of ether oxygens (including phenoxy) is 1. The summed E-state index contributed by atoms with van der Waals surface area (Å²) in [7, 11) is 3.52. The smallest absolute Gasteiger partial charge is 0.253 e. The first-order valence-electron chi connectivity index (χ1n) is 12.0. The lowest BCUT2D eigenvalue weighted by Crippen LogP contribution is -2.45. The van der Waals surface area contributed by atoms with Gasteiger partial charge >= 0.3 is 0 Å². The van der Waals surface area contributed by atoms with E-state index in [-0.39, 0.29) is 11.9 Å². The number of aryl methyl sites for hydroxylation is 1. The first-order chi connectivity index (χ1) is 17.5. The van der Waals surface area contributed by atoms with Crippen molar-refractivity contribution in [1.29, 1.82) is 0 Å². The van der Waals surface area contributed by atoms with Gasteiger partial charge in [0, 0.05) is 59.8 Å². The van der Waals surface area contributed by atoms with Gasteiger partial charge in [-0.25, -0.2) is 4.98 Å². The highest BCUT2D eigenvalue weighted by molar-refractivity contribution is 6.14. The average Bonchev–Trinajstić information content (AvgIpc) is 3.50. The number of hydrogen-bond donors (Lipinski definition) is 2. The molecule has 9 nitrogen and oxygen atoms in total. The number of aromatic amines is 1. The number of pyridine rings is 2. The molecule has 5 heterocycles. The van der Waals surface area contributed by atoms with E-state index in [1.807, 2.05) is 54.7 Å². The Morgan fingerprint density at radius 3 is 2.69 bits per heavy atom. The summed E-state index contributed by atoms with van der Waals surface area (Å²) in [6, 6.07) is 9.78. The van der Waals surface area contributed by atoms with Crippen LogP contribution in [0.25, 0.3) is 44.3 Å². The molecule has 6 rings (SSSR count). The number of nitrogens with one attached hydrogen (secondary N) is 1. The zero-order chi connectivity index (χ0) is 24.8. The molecule has 182 valence electrons. The summed E-state index contributed by atoms with van der Waals surface area (Å²) < 4.78 is 7.49. The number of carbonyl (C=O) groups is 1. The molecule has 1 aliphatic heterocycles. The van der Waals surface area contributed by atoms with Crippen LogP contribution < -0.4 is 10.5 Å². The molecule has 1 aromatic carbocycles. The molecule has 5 aromatic rings. The van der Waals surface area contributed by atoms with E-state index < -0.39 is 0 Å². The molecular formula is C27H27N7O2. The van der Waals surface area contributed by atoms with Crippen molar-refractivity contribution in [3.05, 3.63) is 60.7 Å². The minimum absolute atomic E-state index is 0.0165. The molecule has 1 aliphatic rings. The maximum Gasteiger partial charge on any atom is 0.253 e. The molecule has 1 fully saturated rings. The summed E-state index contributed by atoms with van der Waals surface area (Å²) in [4.78, 5) is 27.5. The predicted octanol–water partition coefficient (Wildman–Crippen LogP) is 3.75. The Balaban J connectivity index is 1.45. The van der Waals surface area contributed by atoms with Gasteiger partial charge in [0.15, 0.2) is 0 Å². The molecule has 3 N–H and O–H groups in total. The van der Waals surface area contributed by atoms with Crippen molar-refractivity contribution in [3.63, 3.8) is 0 Å². The van der Waals surface area contributed by atoms with Crippen molar-refractivity contribution in [2.45, 2.75) is 18.9 Å². The zero-order valence-electron chi connectivity index (χ0n) is 20.2. The molecular weight excluding hydrogens is 454 g/mol. The van der Waals surface area contributed by atoms with Crippen LogP contribution in [0.2, 0.25) is 0 Å². The Morgan fingerprint density at radius 2 is 1.97 bits per heavy atom. The van der Waals surface area contributed by atoms with Gasteiger partial charge in [-0.3, -0.25) is 14.5 Å². The molecule has 0 unspecified atom stereocenters. The Hall–Kier alpha value is -4.24. The first-order valence-corrected chi connectivity index (χ1v) is 12.0. The molecule has 9 heteroatoms. The maximum atomic E-state index is 13.1. The fourth-order valence-corrected chi connectivity index (χ4v) is 5.05. The van der Waals surface area contributed by atoms with Gasteiger partial charge in [0.25, 0.3) is 5.91 Å². The number of rotatable bonds is 4. The maximum absolute atomic E-state index is 13.1. The zero-order valence-corrected chi connectivity index (χ0v) is 20.2. The number of amides is 1. The third-order valence-electron chi connectivity index (χ3n) is 6.86. The second-order valence-corrected chi connectivity index (χ2v) is 9.30. The van der Waals surface area contributed by atoms with Gasteiger partial charge in [-0.2, -0.15) is 5.10 Å². The summed E-state index contributed by atoms with van der Waals surface area (Å²) >= 11 is 0. The molecule has 36 heavy (non-hydrogen) atoms. The summed E-state index contributed by atoms with van der Waals surface area (Å²) in [5.74, 6) is 0.673. The first kappa shape index (κ1) is 22.2. The van der Waals surface area contributed by atoms with Crippen molar-refractivity contribution in [2.24, 2.45) is 12.8 Å². The van der Waals surface area contributed by atoms with Crippen LogP contribution in [0.3, 0.4) is 0 Å². The van der Waals surface area contributed by atoms with E-state index in [1.165, 1.54) is 0 Å². The Kier molecular flexibility index (Phi) is 5.41. The molecule has 0 aliphatic carbocycles. The van der Waals surface area contributed by atoms with Gasteiger partial charge in [0.05, 0.1) is 36.9 Å². The lowest BCUT2D eigenvalue weighted by Gasteiger charge is -2.30. The number of carbonyl (C=O) groups excluding carboxylic acids is 1. The molecule has 0 saturated carbocycles. The summed E-state index contributed by atoms with van der Waals surface area (Å²) in [5.41, 5.74) is 12.0. The Morgan fingerprint density at radius 1 is 1.14 bits per heavy atom. The van der Waals surface area contributed by atoms with Gasteiger partial charge in [0.2, 0.25) is 0 Å². The molecule has 0 bridgehead atoms. The quantitative estimate of drug-likeness (QED) is 0.404. The number of nitrogens with zero attached hydrogens (tertiary/aromatic N) is 5. The van der Waals surface area contributed by atoms with Gasteiger partial charge in [-0.05, 0) is 36.6 Å². The van der Waals surface area contributed by atoms with Crippen LogP contribution in [0.1, 0.15) is 23.2 Å². The van der Waals surface area contributed by atoms with Crippen LogP contribution in [0, 0.1) is 0 Å². The number of aromatic nitrogens is 5. The number of fused-ring (bicyclic) bond motifs is 3. The highest BCUT2D eigenvalue weighted by Gasteiger charge is 2.23. The van der Waals surface area contributed by atoms with E-state index in [9.17, 15) is 4.79 Å².